The summed E-state index contributed by atoms with van der Waals surface area (Å²) >= 11 is 0. The summed E-state index contributed by atoms with van der Waals surface area (Å²) in [6, 6.07) is 0. The maximum Gasteiger partial charge on any atom is 0.168 e. The van der Waals surface area contributed by atoms with Crippen LogP contribution in [0.2, 0.25) is 0 Å². The number of piperidine rings is 1. The molecule has 2 rings (SSSR count). The quantitative estimate of drug-likeness (QED) is 0.584. The zero-order valence-electron chi connectivity index (χ0n) is 12.5. The molecule has 0 bridgehead atoms. The van der Waals surface area contributed by atoms with E-state index in [9.17, 15) is 9.59 Å². The van der Waals surface area contributed by atoms with Crippen LogP contribution in [0.15, 0.2) is 11.3 Å². The van der Waals surface area contributed by atoms with E-state index < -0.39 is 0 Å². The van der Waals surface area contributed by atoms with E-state index in [1.54, 1.807) is 0 Å². The summed E-state index contributed by atoms with van der Waals surface area (Å²) in [5.74, 6) is 1.00. The van der Waals surface area contributed by atoms with Crippen LogP contribution >= 0.6 is 0 Å². The van der Waals surface area contributed by atoms with E-state index >= 15 is 0 Å². The molecule has 3 heteroatoms. The molecule has 0 radical (unpaired) electrons. The fraction of sp³-hybridized carbons (Fsp3) is 0.750. The van der Waals surface area contributed by atoms with Crippen LogP contribution in [0.25, 0.3) is 0 Å². The average Bonchev–Trinajstić information content (AvgIpc) is 2.27. The number of ketones is 2. The van der Waals surface area contributed by atoms with Gasteiger partial charge in [0.2, 0.25) is 0 Å². The SMILES string of the molecule is CC1CCNC(=C2C(=O)CC(C)(C(C)C)CC2=O)C1. The Balaban J connectivity index is 2.28. The highest BCUT2D eigenvalue weighted by molar-refractivity contribution is 6.22. The van der Waals surface area contributed by atoms with Crippen molar-refractivity contribution >= 4 is 11.6 Å². The molecule has 106 valence electrons. The summed E-state index contributed by atoms with van der Waals surface area (Å²) in [6.45, 7) is 9.31. The lowest BCUT2D eigenvalue weighted by Crippen LogP contribution is -2.40. The van der Waals surface area contributed by atoms with Crippen molar-refractivity contribution in [3.8, 4) is 0 Å². The summed E-state index contributed by atoms with van der Waals surface area (Å²) in [6.07, 6.45) is 2.96. The van der Waals surface area contributed by atoms with E-state index in [1.165, 1.54) is 0 Å². The molecular formula is C16H25NO2. The third kappa shape index (κ3) is 2.75. The lowest BCUT2D eigenvalue weighted by atomic mass is 9.66. The number of carbonyl (C=O) groups is 2. The molecule has 0 spiro atoms. The molecule has 1 saturated heterocycles. The van der Waals surface area contributed by atoms with Crippen molar-refractivity contribution in [2.45, 2.75) is 53.4 Å². The smallest absolute Gasteiger partial charge is 0.168 e. The fourth-order valence-corrected chi connectivity index (χ4v) is 3.06. The average molecular weight is 263 g/mol. The van der Waals surface area contributed by atoms with E-state index in [-0.39, 0.29) is 17.0 Å². The van der Waals surface area contributed by atoms with Gasteiger partial charge in [-0.05, 0) is 30.1 Å². The Labute approximate surface area is 115 Å². The van der Waals surface area contributed by atoms with Gasteiger partial charge < -0.3 is 5.32 Å². The van der Waals surface area contributed by atoms with Crippen LogP contribution < -0.4 is 5.32 Å². The molecule has 1 unspecified atom stereocenters. The van der Waals surface area contributed by atoms with Gasteiger partial charge in [-0.25, -0.2) is 0 Å². The summed E-state index contributed by atoms with van der Waals surface area (Å²) in [7, 11) is 0. The maximum atomic E-state index is 12.4. The van der Waals surface area contributed by atoms with Crippen molar-refractivity contribution in [1.82, 2.24) is 5.32 Å². The van der Waals surface area contributed by atoms with Crippen LogP contribution in [0.1, 0.15) is 53.4 Å². The Morgan fingerprint density at radius 1 is 1.21 bits per heavy atom. The Bertz CT molecular complexity index is 414. The molecule has 1 atom stereocenters. The van der Waals surface area contributed by atoms with Gasteiger partial charge in [0.25, 0.3) is 0 Å². The van der Waals surface area contributed by atoms with E-state index in [0.29, 0.717) is 30.3 Å². The molecule has 0 aromatic rings. The Morgan fingerprint density at radius 2 is 1.79 bits per heavy atom. The standard InChI is InChI=1S/C16H25NO2/c1-10(2)16(4)8-13(18)15(14(19)9-16)12-7-11(3)5-6-17-12/h10-11,17H,5-9H2,1-4H3. The van der Waals surface area contributed by atoms with Gasteiger partial charge in [-0.1, -0.05) is 27.7 Å². The molecule has 1 aliphatic carbocycles. The molecule has 0 aromatic carbocycles. The van der Waals surface area contributed by atoms with Gasteiger partial charge in [-0.3, -0.25) is 9.59 Å². The van der Waals surface area contributed by atoms with Crippen LogP contribution in [-0.4, -0.2) is 18.1 Å². The normalized spacial score (nSPS) is 32.8. The first kappa shape index (κ1) is 14.3. The molecule has 2 fully saturated rings. The summed E-state index contributed by atoms with van der Waals surface area (Å²) < 4.78 is 0. The van der Waals surface area contributed by atoms with E-state index in [1.807, 2.05) is 0 Å². The minimum Gasteiger partial charge on any atom is -0.388 e. The molecule has 1 saturated carbocycles. The van der Waals surface area contributed by atoms with Crippen LogP contribution in [-0.2, 0) is 9.59 Å². The zero-order valence-corrected chi connectivity index (χ0v) is 12.5. The van der Waals surface area contributed by atoms with Crippen LogP contribution in [0.3, 0.4) is 0 Å². The first-order valence-electron chi connectivity index (χ1n) is 7.37. The van der Waals surface area contributed by atoms with Gasteiger partial charge in [0.1, 0.15) is 0 Å². The van der Waals surface area contributed by atoms with Crippen LogP contribution in [0, 0.1) is 17.3 Å². The first-order chi connectivity index (χ1) is 8.83. The maximum absolute atomic E-state index is 12.4. The zero-order chi connectivity index (χ0) is 14.2. The monoisotopic (exact) mass is 263 g/mol. The third-order valence-corrected chi connectivity index (χ3v) is 4.91. The van der Waals surface area contributed by atoms with Gasteiger partial charge >= 0.3 is 0 Å². The molecule has 0 aromatic heterocycles. The second-order valence-electron chi connectivity index (χ2n) is 6.89. The predicted octanol–water partition coefficient (Wildman–Crippen LogP) is 2.85. The number of Topliss-reactive ketones (excluding diaryl/α,β-unsaturated/α-hetero) is 2. The Morgan fingerprint density at radius 3 is 2.26 bits per heavy atom. The number of rotatable bonds is 1. The van der Waals surface area contributed by atoms with E-state index in [0.717, 1.165) is 25.1 Å². The highest BCUT2D eigenvalue weighted by atomic mass is 16.2. The number of carbonyl (C=O) groups excluding carboxylic acids is 2. The molecule has 3 nitrogen and oxygen atoms in total. The Kier molecular flexibility index (Phi) is 3.84. The van der Waals surface area contributed by atoms with Crippen molar-refractivity contribution in [2.75, 3.05) is 6.54 Å². The largest absolute Gasteiger partial charge is 0.388 e. The Hall–Kier alpha value is -1.12. The van der Waals surface area contributed by atoms with Crippen molar-refractivity contribution in [2.24, 2.45) is 17.3 Å². The predicted molar refractivity (Wildman–Crippen MR) is 75.6 cm³/mol. The van der Waals surface area contributed by atoms with Crippen molar-refractivity contribution in [3.05, 3.63) is 11.3 Å². The molecular weight excluding hydrogens is 238 g/mol. The lowest BCUT2D eigenvalue weighted by molar-refractivity contribution is -0.129. The minimum atomic E-state index is -0.168. The lowest BCUT2D eigenvalue weighted by Gasteiger charge is -2.37. The fourth-order valence-electron chi connectivity index (χ4n) is 3.06. The molecule has 1 N–H and O–H groups in total. The number of allylic oxidation sites excluding steroid dienone is 2. The van der Waals surface area contributed by atoms with E-state index in [2.05, 4.69) is 33.0 Å². The summed E-state index contributed by atoms with van der Waals surface area (Å²) in [4.78, 5) is 24.8. The van der Waals surface area contributed by atoms with Gasteiger partial charge in [0.15, 0.2) is 11.6 Å². The number of hydrogen-bond acceptors (Lipinski definition) is 3. The van der Waals surface area contributed by atoms with Gasteiger partial charge in [-0.2, -0.15) is 0 Å². The number of hydrogen-bond donors (Lipinski definition) is 1. The molecule has 2 aliphatic rings. The third-order valence-electron chi connectivity index (χ3n) is 4.91. The highest BCUT2D eigenvalue weighted by Crippen LogP contribution is 2.41. The minimum absolute atomic E-state index is 0.0454. The van der Waals surface area contributed by atoms with Gasteiger partial charge in [-0.15, -0.1) is 0 Å². The van der Waals surface area contributed by atoms with Crippen molar-refractivity contribution in [1.29, 1.82) is 0 Å². The molecule has 1 heterocycles. The first-order valence-corrected chi connectivity index (χ1v) is 7.37. The van der Waals surface area contributed by atoms with E-state index in [4.69, 9.17) is 0 Å². The highest BCUT2D eigenvalue weighted by Gasteiger charge is 2.42. The topological polar surface area (TPSA) is 46.2 Å². The molecule has 0 amide bonds. The summed E-state index contributed by atoms with van der Waals surface area (Å²) in [5.41, 5.74) is 1.21. The van der Waals surface area contributed by atoms with Gasteiger partial charge in [0, 0.05) is 25.1 Å². The van der Waals surface area contributed by atoms with Crippen molar-refractivity contribution in [3.63, 3.8) is 0 Å². The van der Waals surface area contributed by atoms with Crippen LogP contribution in [0.5, 0.6) is 0 Å². The molecule has 19 heavy (non-hydrogen) atoms. The van der Waals surface area contributed by atoms with Crippen LogP contribution in [0.4, 0.5) is 0 Å². The second-order valence-corrected chi connectivity index (χ2v) is 6.89. The number of nitrogens with one attached hydrogen (secondary N) is 1. The summed E-state index contributed by atoms with van der Waals surface area (Å²) in [5, 5.41) is 3.27. The van der Waals surface area contributed by atoms with Gasteiger partial charge in [0.05, 0.1) is 5.57 Å². The van der Waals surface area contributed by atoms with Crippen molar-refractivity contribution < 1.29 is 9.59 Å². The second kappa shape index (κ2) is 5.10. The molecule has 1 aliphatic heterocycles.